The van der Waals surface area contributed by atoms with Crippen LogP contribution in [0, 0.1) is 6.92 Å². The lowest BCUT2D eigenvalue weighted by Crippen LogP contribution is -2.14. The van der Waals surface area contributed by atoms with Crippen LogP contribution in [-0.4, -0.2) is 17.2 Å². The Hall–Kier alpha value is -1.48. The van der Waals surface area contributed by atoms with Crippen molar-refractivity contribution in [2.24, 2.45) is 0 Å². The normalized spacial score (nSPS) is 12.7. The maximum atomic E-state index is 6.05. The highest BCUT2D eigenvalue weighted by molar-refractivity contribution is 5.87. The molecule has 134 valence electrons. The zero-order chi connectivity index (χ0) is 17.5. The van der Waals surface area contributed by atoms with Gasteiger partial charge in [-0.25, -0.2) is 0 Å². The monoisotopic (exact) mass is 330 g/mol. The van der Waals surface area contributed by atoms with E-state index in [-0.39, 0.29) is 6.10 Å². The molecule has 3 nitrogen and oxygen atoms in total. The molecule has 0 spiro atoms. The lowest BCUT2D eigenvalue weighted by molar-refractivity contribution is 0.217. The highest BCUT2D eigenvalue weighted by Crippen LogP contribution is 2.30. The fourth-order valence-corrected chi connectivity index (χ4v) is 3.14. The summed E-state index contributed by atoms with van der Waals surface area (Å²) in [7, 11) is 0. The highest BCUT2D eigenvalue weighted by atomic mass is 16.5. The molecule has 0 amide bonds. The van der Waals surface area contributed by atoms with Gasteiger partial charge in [0.05, 0.1) is 6.10 Å². The molecule has 0 aliphatic rings. The number of hydrogen-bond donors (Lipinski definition) is 1. The Bertz CT molecular complexity index is 645. The first-order valence-electron chi connectivity index (χ1n) is 9.61. The summed E-state index contributed by atoms with van der Waals surface area (Å²) in [5.41, 5.74) is 4.15. The van der Waals surface area contributed by atoms with Crippen LogP contribution in [0.4, 0.5) is 0 Å². The Morgan fingerprint density at radius 1 is 1.17 bits per heavy atom. The maximum Gasteiger partial charge on any atom is 0.120 e. The van der Waals surface area contributed by atoms with Crippen molar-refractivity contribution in [1.82, 2.24) is 9.88 Å². The van der Waals surface area contributed by atoms with E-state index in [1.165, 1.54) is 35.0 Å². The zero-order valence-electron chi connectivity index (χ0n) is 16.1. The summed E-state index contributed by atoms with van der Waals surface area (Å²) in [6.45, 7) is 14.1. The first-order chi connectivity index (χ1) is 11.6. The number of aryl methyl sites for hydroxylation is 1. The summed E-state index contributed by atoms with van der Waals surface area (Å²) >= 11 is 0. The Kier molecular flexibility index (Phi) is 7.16. The number of unbranched alkanes of at least 4 members (excludes halogenated alkanes) is 1. The summed E-state index contributed by atoms with van der Waals surface area (Å²) in [4.78, 5) is 0. The molecule has 0 fully saturated rings. The zero-order valence-corrected chi connectivity index (χ0v) is 16.1. The van der Waals surface area contributed by atoms with Gasteiger partial charge in [-0.3, -0.25) is 0 Å². The Morgan fingerprint density at radius 3 is 2.62 bits per heavy atom. The SMILES string of the molecule is CCCCn1c(C)c(CNCCC)c2cc(O[C@@H](C)CC)ccc21. The van der Waals surface area contributed by atoms with Gasteiger partial charge in [-0.15, -0.1) is 0 Å². The van der Waals surface area contributed by atoms with Crippen molar-refractivity contribution >= 4 is 10.9 Å². The number of nitrogens with one attached hydrogen (secondary N) is 1. The second-order valence-electron chi connectivity index (χ2n) is 6.76. The lowest BCUT2D eigenvalue weighted by atomic mass is 10.1. The van der Waals surface area contributed by atoms with Crippen molar-refractivity contribution in [1.29, 1.82) is 0 Å². The van der Waals surface area contributed by atoms with Crippen molar-refractivity contribution in [2.75, 3.05) is 6.54 Å². The largest absolute Gasteiger partial charge is 0.491 e. The molecule has 0 radical (unpaired) electrons. The van der Waals surface area contributed by atoms with Crippen molar-refractivity contribution < 1.29 is 4.74 Å². The number of ether oxygens (including phenoxy) is 1. The molecule has 1 atom stereocenters. The van der Waals surface area contributed by atoms with E-state index >= 15 is 0 Å². The average Bonchev–Trinajstić information content (AvgIpc) is 2.84. The van der Waals surface area contributed by atoms with Crippen LogP contribution in [0.15, 0.2) is 18.2 Å². The molecular formula is C21H34N2O. The van der Waals surface area contributed by atoms with Crippen LogP contribution >= 0.6 is 0 Å². The second kappa shape index (κ2) is 9.12. The number of hydrogen-bond acceptors (Lipinski definition) is 2. The van der Waals surface area contributed by atoms with Crippen molar-refractivity contribution in [2.45, 2.75) is 79.5 Å². The first kappa shape index (κ1) is 18.9. The molecule has 2 aromatic rings. The van der Waals surface area contributed by atoms with Gasteiger partial charge in [0.2, 0.25) is 0 Å². The van der Waals surface area contributed by atoms with Crippen LogP contribution in [0.25, 0.3) is 10.9 Å². The van der Waals surface area contributed by atoms with Gasteiger partial charge in [0.15, 0.2) is 0 Å². The molecule has 3 heteroatoms. The fourth-order valence-electron chi connectivity index (χ4n) is 3.14. The van der Waals surface area contributed by atoms with Gasteiger partial charge < -0.3 is 14.6 Å². The van der Waals surface area contributed by atoms with Crippen LogP contribution in [-0.2, 0) is 13.1 Å². The average molecular weight is 331 g/mol. The molecule has 0 unspecified atom stereocenters. The number of benzene rings is 1. The predicted molar refractivity (Wildman–Crippen MR) is 104 cm³/mol. The first-order valence-corrected chi connectivity index (χ1v) is 9.61. The maximum absolute atomic E-state index is 6.05. The Morgan fingerprint density at radius 2 is 1.96 bits per heavy atom. The van der Waals surface area contributed by atoms with Crippen LogP contribution in [0.2, 0.25) is 0 Å². The Labute approximate surface area is 147 Å². The minimum atomic E-state index is 0.257. The molecule has 0 saturated heterocycles. The number of nitrogens with zero attached hydrogens (tertiary/aromatic N) is 1. The van der Waals surface area contributed by atoms with Crippen LogP contribution < -0.4 is 10.1 Å². The van der Waals surface area contributed by atoms with Crippen molar-refractivity contribution in [3.05, 3.63) is 29.5 Å². The summed E-state index contributed by atoms with van der Waals surface area (Å²) in [6, 6.07) is 6.60. The minimum Gasteiger partial charge on any atom is -0.491 e. The molecular weight excluding hydrogens is 296 g/mol. The quantitative estimate of drug-likeness (QED) is 0.588. The topological polar surface area (TPSA) is 26.2 Å². The molecule has 0 saturated carbocycles. The smallest absolute Gasteiger partial charge is 0.120 e. The van der Waals surface area contributed by atoms with Crippen LogP contribution in [0.5, 0.6) is 5.75 Å². The van der Waals surface area contributed by atoms with Gasteiger partial charge in [-0.1, -0.05) is 27.2 Å². The molecule has 0 aliphatic heterocycles. The van der Waals surface area contributed by atoms with E-state index < -0.39 is 0 Å². The van der Waals surface area contributed by atoms with E-state index in [0.29, 0.717) is 0 Å². The summed E-state index contributed by atoms with van der Waals surface area (Å²) in [5.74, 6) is 0.987. The van der Waals surface area contributed by atoms with Crippen molar-refractivity contribution in [3.8, 4) is 5.75 Å². The summed E-state index contributed by atoms with van der Waals surface area (Å²) in [5, 5.41) is 4.91. The molecule has 24 heavy (non-hydrogen) atoms. The van der Waals surface area contributed by atoms with E-state index in [0.717, 1.165) is 38.2 Å². The third-order valence-electron chi connectivity index (χ3n) is 4.80. The van der Waals surface area contributed by atoms with Crippen LogP contribution in [0.1, 0.15) is 64.6 Å². The number of rotatable bonds is 10. The molecule has 1 aromatic heterocycles. The Balaban J connectivity index is 2.40. The van der Waals surface area contributed by atoms with Gasteiger partial charge >= 0.3 is 0 Å². The molecule has 2 rings (SSSR count). The second-order valence-corrected chi connectivity index (χ2v) is 6.76. The van der Waals surface area contributed by atoms with E-state index in [4.69, 9.17) is 4.74 Å². The lowest BCUT2D eigenvalue weighted by Gasteiger charge is -2.13. The molecule has 1 aromatic carbocycles. The predicted octanol–water partition coefficient (Wildman–Crippen LogP) is 5.43. The molecule has 1 N–H and O–H groups in total. The molecule has 1 heterocycles. The van der Waals surface area contributed by atoms with Crippen molar-refractivity contribution in [3.63, 3.8) is 0 Å². The van der Waals surface area contributed by atoms with Gasteiger partial charge in [0.25, 0.3) is 0 Å². The van der Waals surface area contributed by atoms with E-state index in [1.54, 1.807) is 0 Å². The molecule has 0 bridgehead atoms. The number of aromatic nitrogens is 1. The number of fused-ring (bicyclic) bond motifs is 1. The summed E-state index contributed by atoms with van der Waals surface area (Å²) < 4.78 is 8.53. The van der Waals surface area contributed by atoms with Gasteiger partial charge in [-0.2, -0.15) is 0 Å². The van der Waals surface area contributed by atoms with Gasteiger partial charge in [0.1, 0.15) is 5.75 Å². The highest BCUT2D eigenvalue weighted by Gasteiger charge is 2.15. The molecule has 0 aliphatic carbocycles. The summed E-state index contributed by atoms with van der Waals surface area (Å²) in [6.07, 6.45) is 4.89. The third kappa shape index (κ3) is 4.32. The van der Waals surface area contributed by atoms with E-state index in [1.807, 2.05) is 0 Å². The van der Waals surface area contributed by atoms with Gasteiger partial charge in [-0.05, 0) is 63.4 Å². The third-order valence-corrected chi connectivity index (χ3v) is 4.80. The van der Waals surface area contributed by atoms with Crippen LogP contribution in [0.3, 0.4) is 0 Å². The van der Waals surface area contributed by atoms with E-state index in [2.05, 4.69) is 62.7 Å². The van der Waals surface area contributed by atoms with Gasteiger partial charge in [0, 0.05) is 29.7 Å². The van der Waals surface area contributed by atoms with E-state index in [9.17, 15) is 0 Å². The minimum absolute atomic E-state index is 0.257. The fraction of sp³-hybridized carbons (Fsp3) is 0.619. The standard InChI is InChI=1S/C21H34N2O/c1-6-9-13-23-17(5)20(15-22-12-7-2)19-14-18(10-11-21(19)23)24-16(4)8-3/h10-11,14,16,22H,6-9,12-13,15H2,1-5H3/t16-/m0/s1.